The molecule has 0 fully saturated rings. The number of halogens is 1. The van der Waals surface area contributed by atoms with Crippen LogP contribution < -0.4 is 10.9 Å². The molecular formula is C11H18BrN3O3. The lowest BCUT2D eigenvalue weighted by Gasteiger charge is -2.09. The lowest BCUT2D eigenvalue weighted by Crippen LogP contribution is -2.24. The van der Waals surface area contributed by atoms with E-state index in [4.69, 9.17) is 9.47 Å². The second kappa shape index (κ2) is 8.23. The highest BCUT2D eigenvalue weighted by Crippen LogP contribution is 2.15. The van der Waals surface area contributed by atoms with Crippen LogP contribution in [0.15, 0.2) is 15.5 Å². The summed E-state index contributed by atoms with van der Waals surface area (Å²) in [5.41, 5.74) is 0.544. The van der Waals surface area contributed by atoms with E-state index in [0.717, 1.165) is 0 Å². The van der Waals surface area contributed by atoms with Crippen molar-refractivity contribution in [3.63, 3.8) is 0 Å². The highest BCUT2D eigenvalue weighted by atomic mass is 79.9. The van der Waals surface area contributed by atoms with Crippen LogP contribution in [0.3, 0.4) is 0 Å². The van der Waals surface area contributed by atoms with Crippen LogP contribution in [0.4, 0.5) is 5.69 Å². The fourth-order valence-corrected chi connectivity index (χ4v) is 1.76. The molecule has 0 spiro atoms. The lowest BCUT2D eigenvalue weighted by atomic mass is 10.4. The number of rotatable bonds is 8. The van der Waals surface area contributed by atoms with Gasteiger partial charge in [0, 0.05) is 20.2 Å². The summed E-state index contributed by atoms with van der Waals surface area (Å²) in [5, 5.41) is 7.13. The Balaban J connectivity index is 2.43. The van der Waals surface area contributed by atoms with E-state index in [9.17, 15) is 4.79 Å². The van der Waals surface area contributed by atoms with Crippen LogP contribution in [-0.4, -0.2) is 43.3 Å². The molecule has 1 aromatic heterocycles. The number of nitrogens with one attached hydrogen (secondary N) is 1. The number of hydrogen-bond donors (Lipinski definition) is 1. The van der Waals surface area contributed by atoms with Crippen molar-refractivity contribution in [1.82, 2.24) is 9.78 Å². The molecule has 1 rings (SSSR count). The van der Waals surface area contributed by atoms with Gasteiger partial charge in [-0.2, -0.15) is 5.10 Å². The Hall–Kier alpha value is -0.920. The number of aryl methyl sites for hydroxylation is 1. The average molecular weight is 320 g/mol. The fourth-order valence-electron chi connectivity index (χ4n) is 1.32. The Kier molecular flexibility index (Phi) is 6.92. The first kappa shape index (κ1) is 15.1. The second-order valence-corrected chi connectivity index (χ2v) is 4.32. The van der Waals surface area contributed by atoms with E-state index in [-0.39, 0.29) is 5.56 Å². The molecule has 6 nitrogen and oxygen atoms in total. The van der Waals surface area contributed by atoms with E-state index < -0.39 is 0 Å². The van der Waals surface area contributed by atoms with Gasteiger partial charge in [0.05, 0.1) is 31.7 Å². The summed E-state index contributed by atoms with van der Waals surface area (Å²) in [7, 11) is 1.63. The van der Waals surface area contributed by atoms with Gasteiger partial charge in [-0.25, -0.2) is 4.68 Å². The minimum Gasteiger partial charge on any atom is -0.382 e. The average Bonchev–Trinajstić information content (AvgIpc) is 2.38. The van der Waals surface area contributed by atoms with Crippen LogP contribution in [0, 0.1) is 0 Å². The molecule has 0 aliphatic rings. The SMILES string of the molecule is CCn1ncc(NCCOCCOC)c(Br)c1=O. The Morgan fingerprint density at radius 1 is 1.44 bits per heavy atom. The molecule has 0 bridgehead atoms. The first-order chi connectivity index (χ1) is 8.70. The largest absolute Gasteiger partial charge is 0.382 e. The molecule has 1 heterocycles. The van der Waals surface area contributed by atoms with Crippen molar-refractivity contribution in [2.75, 3.05) is 38.8 Å². The molecule has 18 heavy (non-hydrogen) atoms. The van der Waals surface area contributed by atoms with Crippen molar-refractivity contribution in [1.29, 1.82) is 0 Å². The van der Waals surface area contributed by atoms with Gasteiger partial charge in [-0.1, -0.05) is 0 Å². The third-order valence-electron chi connectivity index (χ3n) is 2.28. The quantitative estimate of drug-likeness (QED) is 0.727. The zero-order valence-corrected chi connectivity index (χ0v) is 12.2. The summed E-state index contributed by atoms with van der Waals surface area (Å²) in [6.45, 7) is 4.73. The van der Waals surface area contributed by atoms with E-state index in [1.54, 1.807) is 13.3 Å². The summed E-state index contributed by atoms with van der Waals surface area (Å²) in [4.78, 5) is 11.8. The zero-order valence-electron chi connectivity index (χ0n) is 10.6. The maximum atomic E-state index is 11.8. The molecule has 102 valence electrons. The molecule has 0 aliphatic carbocycles. The number of anilines is 1. The van der Waals surface area contributed by atoms with Gasteiger partial charge in [0.15, 0.2) is 0 Å². The van der Waals surface area contributed by atoms with Crippen molar-refractivity contribution in [3.05, 3.63) is 21.0 Å². The highest BCUT2D eigenvalue weighted by molar-refractivity contribution is 9.10. The molecule has 0 aromatic carbocycles. The smallest absolute Gasteiger partial charge is 0.283 e. The van der Waals surface area contributed by atoms with Crippen LogP contribution in [0.5, 0.6) is 0 Å². The number of nitrogens with zero attached hydrogens (tertiary/aromatic N) is 2. The Bertz CT molecular complexity index is 422. The highest BCUT2D eigenvalue weighted by Gasteiger charge is 2.06. The van der Waals surface area contributed by atoms with Crippen LogP contribution in [-0.2, 0) is 16.0 Å². The van der Waals surface area contributed by atoms with Crippen molar-refractivity contribution in [2.24, 2.45) is 0 Å². The third kappa shape index (κ3) is 4.40. The summed E-state index contributed by atoms with van der Waals surface area (Å²) in [5.74, 6) is 0. The van der Waals surface area contributed by atoms with Crippen molar-refractivity contribution < 1.29 is 9.47 Å². The Morgan fingerprint density at radius 3 is 2.89 bits per heavy atom. The molecular weight excluding hydrogens is 302 g/mol. The molecule has 0 aliphatic heterocycles. The Morgan fingerprint density at radius 2 is 2.22 bits per heavy atom. The van der Waals surface area contributed by atoms with E-state index in [1.807, 2.05) is 6.92 Å². The molecule has 1 N–H and O–H groups in total. The first-order valence-electron chi connectivity index (χ1n) is 5.76. The number of hydrogen-bond acceptors (Lipinski definition) is 5. The Labute approximate surface area is 114 Å². The molecule has 0 saturated carbocycles. The monoisotopic (exact) mass is 319 g/mol. The molecule has 0 atom stereocenters. The number of aromatic nitrogens is 2. The predicted molar refractivity (Wildman–Crippen MR) is 73.1 cm³/mol. The van der Waals surface area contributed by atoms with Gasteiger partial charge in [-0.05, 0) is 22.9 Å². The van der Waals surface area contributed by atoms with Crippen molar-refractivity contribution >= 4 is 21.6 Å². The summed E-state index contributed by atoms with van der Waals surface area (Å²) < 4.78 is 12.1. The standard InChI is InChI=1S/C11H18BrN3O3/c1-3-15-11(16)10(12)9(8-14-15)13-4-5-18-7-6-17-2/h8,13H,3-7H2,1-2H3. The third-order valence-corrected chi connectivity index (χ3v) is 3.04. The fraction of sp³-hybridized carbons (Fsp3) is 0.636. The normalized spacial score (nSPS) is 10.6. The first-order valence-corrected chi connectivity index (χ1v) is 6.56. The minimum atomic E-state index is -0.136. The predicted octanol–water partition coefficient (Wildman–Crippen LogP) is 1.10. The van der Waals surface area contributed by atoms with Gasteiger partial charge in [0.1, 0.15) is 4.47 Å². The molecule has 7 heteroatoms. The van der Waals surface area contributed by atoms with Gasteiger partial charge in [0.2, 0.25) is 0 Å². The minimum absolute atomic E-state index is 0.136. The zero-order chi connectivity index (χ0) is 13.4. The van der Waals surface area contributed by atoms with E-state index in [0.29, 0.717) is 43.1 Å². The molecule has 0 unspecified atom stereocenters. The van der Waals surface area contributed by atoms with Crippen LogP contribution in [0.25, 0.3) is 0 Å². The van der Waals surface area contributed by atoms with Gasteiger partial charge in [-0.3, -0.25) is 4.79 Å². The summed E-state index contributed by atoms with van der Waals surface area (Å²) in [6.07, 6.45) is 1.63. The van der Waals surface area contributed by atoms with E-state index >= 15 is 0 Å². The van der Waals surface area contributed by atoms with Gasteiger partial charge in [0.25, 0.3) is 5.56 Å². The summed E-state index contributed by atoms with van der Waals surface area (Å²) >= 11 is 3.27. The summed E-state index contributed by atoms with van der Waals surface area (Å²) in [6, 6.07) is 0. The molecule has 1 aromatic rings. The van der Waals surface area contributed by atoms with Crippen molar-refractivity contribution in [2.45, 2.75) is 13.5 Å². The van der Waals surface area contributed by atoms with Crippen LogP contribution in [0.1, 0.15) is 6.92 Å². The van der Waals surface area contributed by atoms with E-state index in [2.05, 4.69) is 26.3 Å². The van der Waals surface area contributed by atoms with Crippen molar-refractivity contribution in [3.8, 4) is 0 Å². The molecule has 0 saturated heterocycles. The van der Waals surface area contributed by atoms with Crippen LogP contribution >= 0.6 is 15.9 Å². The van der Waals surface area contributed by atoms with Gasteiger partial charge >= 0.3 is 0 Å². The van der Waals surface area contributed by atoms with Crippen LogP contribution in [0.2, 0.25) is 0 Å². The topological polar surface area (TPSA) is 65.4 Å². The maximum absolute atomic E-state index is 11.8. The molecule has 0 amide bonds. The lowest BCUT2D eigenvalue weighted by molar-refractivity contribution is 0.0759. The van der Waals surface area contributed by atoms with E-state index in [1.165, 1.54) is 4.68 Å². The molecule has 0 radical (unpaired) electrons. The van der Waals surface area contributed by atoms with Gasteiger partial charge < -0.3 is 14.8 Å². The van der Waals surface area contributed by atoms with Gasteiger partial charge in [-0.15, -0.1) is 0 Å². The second-order valence-electron chi connectivity index (χ2n) is 3.53. The number of methoxy groups -OCH3 is 1. The maximum Gasteiger partial charge on any atom is 0.283 e. The number of ether oxygens (including phenoxy) is 2.